The fourth-order valence-corrected chi connectivity index (χ4v) is 4.44. The first-order valence-corrected chi connectivity index (χ1v) is 9.44. The normalized spacial score (nSPS) is 17.0. The lowest BCUT2D eigenvalue weighted by molar-refractivity contribution is 0.328. The van der Waals surface area contributed by atoms with Gasteiger partial charge in [-0.15, -0.1) is 0 Å². The van der Waals surface area contributed by atoms with E-state index in [0.29, 0.717) is 5.92 Å². The monoisotopic (exact) mass is 314 g/mol. The Bertz CT molecular complexity index is 776. The highest BCUT2D eigenvalue weighted by molar-refractivity contribution is 5.86. The van der Waals surface area contributed by atoms with E-state index in [1.54, 1.807) is 0 Å². The molecule has 1 aliphatic carbocycles. The molecule has 1 saturated carbocycles. The minimum atomic E-state index is 0.514. The summed E-state index contributed by atoms with van der Waals surface area (Å²) < 4.78 is 0. The summed E-state index contributed by atoms with van der Waals surface area (Å²) in [4.78, 5) is 0. The SMILES string of the molecule is c1ccc(C(CC2CCCCC2)c2cccc3ccccc23)cc1. The summed E-state index contributed by atoms with van der Waals surface area (Å²) in [5, 5.41) is 2.78. The van der Waals surface area contributed by atoms with Crippen LogP contribution >= 0.6 is 0 Å². The molecule has 0 nitrogen and oxygen atoms in total. The van der Waals surface area contributed by atoms with Gasteiger partial charge in [-0.2, -0.15) is 0 Å². The van der Waals surface area contributed by atoms with E-state index in [-0.39, 0.29) is 0 Å². The third kappa shape index (κ3) is 3.24. The summed E-state index contributed by atoms with van der Waals surface area (Å²) in [6.07, 6.45) is 8.38. The van der Waals surface area contributed by atoms with Crippen molar-refractivity contribution >= 4 is 10.8 Å². The van der Waals surface area contributed by atoms with Gasteiger partial charge >= 0.3 is 0 Å². The number of hydrogen-bond acceptors (Lipinski definition) is 0. The fraction of sp³-hybridized carbons (Fsp3) is 0.333. The Balaban J connectivity index is 1.76. The smallest absolute Gasteiger partial charge is 0.00981 e. The van der Waals surface area contributed by atoms with Gasteiger partial charge in [0.2, 0.25) is 0 Å². The summed E-state index contributed by atoms with van der Waals surface area (Å²) in [5.74, 6) is 1.39. The zero-order valence-electron chi connectivity index (χ0n) is 14.3. The quantitative estimate of drug-likeness (QED) is 0.489. The number of rotatable bonds is 4. The molecule has 0 radical (unpaired) electrons. The second-order valence-electron chi connectivity index (χ2n) is 7.27. The Morgan fingerprint density at radius 1 is 0.708 bits per heavy atom. The minimum Gasteiger partial charge on any atom is -0.0622 e. The summed E-state index contributed by atoms with van der Waals surface area (Å²) in [5.41, 5.74) is 2.98. The molecule has 1 fully saturated rings. The van der Waals surface area contributed by atoms with Gasteiger partial charge in [-0.1, -0.05) is 105 Å². The van der Waals surface area contributed by atoms with Crippen molar-refractivity contribution in [3.8, 4) is 0 Å². The van der Waals surface area contributed by atoms with Crippen molar-refractivity contribution in [3.63, 3.8) is 0 Å². The van der Waals surface area contributed by atoms with Crippen LogP contribution in [0.3, 0.4) is 0 Å². The van der Waals surface area contributed by atoms with Crippen molar-refractivity contribution < 1.29 is 0 Å². The van der Waals surface area contributed by atoms with Crippen LogP contribution in [0.5, 0.6) is 0 Å². The van der Waals surface area contributed by atoms with E-state index < -0.39 is 0 Å². The maximum atomic E-state index is 2.35. The van der Waals surface area contributed by atoms with E-state index in [9.17, 15) is 0 Å². The molecule has 0 aromatic heterocycles. The van der Waals surface area contributed by atoms with Crippen LogP contribution in [0.15, 0.2) is 72.8 Å². The third-order valence-electron chi connectivity index (χ3n) is 5.69. The molecular weight excluding hydrogens is 288 g/mol. The van der Waals surface area contributed by atoms with Crippen LogP contribution in [0.1, 0.15) is 55.6 Å². The van der Waals surface area contributed by atoms with Crippen LogP contribution in [-0.4, -0.2) is 0 Å². The van der Waals surface area contributed by atoms with Gasteiger partial charge in [-0.3, -0.25) is 0 Å². The Morgan fingerprint density at radius 2 is 1.42 bits per heavy atom. The Hall–Kier alpha value is -2.08. The molecule has 3 aromatic carbocycles. The van der Waals surface area contributed by atoms with Crippen molar-refractivity contribution in [1.29, 1.82) is 0 Å². The van der Waals surface area contributed by atoms with Gasteiger partial charge in [-0.05, 0) is 34.2 Å². The van der Waals surface area contributed by atoms with E-state index in [4.69, 9.17) is 0 Å². The average molecular weight is 314 g/mol. The number of hydrogen-bond donors (Lipinski definition) is 0. The summed E-state index contributed by atoms with van der Waals surface area (Å²) >= 11 is 0. The van der Waals surface area contributed by atoms with Crippen LogP contribution in [0.4, 0.5) is 0 Å². The molecule has 4 rings (SSSR count). The lowest BCUT2D eigenvalue weighted by Gasteiger charge is -2.28. The zero-order chi connectivity index (χ0) is 16.2. The van der Waals surface area contributed by atoms with Gasteiger partial charge in [0, 0.05) is 5.92 Å². The number of fused-ring (bicyclic) bond motifs is 1. The Kier molecular flexibility index (Phi) is 4.64. The second-order valence-corrected chi connectivity index (χ2v) is 7.27. The first-order chi connectivity index (χ1) is 11.9. The van der Waals surface area contributed by atoms with Crippen molar-refractivity contribution in [2.75, 3.05) is 0 Å². The lowest BCUT2D eigenvalue weighted by atomic mass is 9.77. The molecular formula is C24H26. The standard InChI is InChI=1S/C24H26/c1-3-10-19(11-4-1)18-24(21-12-5-2-6-13-21)23-17-9-15-20-14-7-8-16-22(20)23/h2,5-9,12-17,19,24H,1,3-4,10-11,18H2. The first kappa shape index (κ1) is 15.4. The van der Waals surface area contributed by atoms with Gasteiger partial charge in [0.25, 0.3) is 0 Å². The molecule has 122 valence electrons. The van der Waals surface area contributed by atoms with E-state index >= 15 is 0 Å². The highest BCUT2D eigenvalue weighted by atomic mass is 14.3. The van der Waals surface area contributed by atoms with Crippen molar-refractivity contribution in [2.24, 2.45) is 5.92 Å². The predicted molar refractivity (Wildman–Crippen MR) is 103 cm³/mol. The van der Waals surface area contributed by atoms with Gasteiger partial charge in [0.15, 0.2) is 0 Å². The largest absolute Gasteiger partial charge is 0.0622 e. The average Bonchev–Trinajstić information content (AvgIpc) is 2.67. The Labute approximate surface area is 145 Å². The highest BCUT2D eigenvalue weighted by Crippen LogP contribution is 2.39. The van der Waals surface area contributed by atoms with Crippen LogP contribution in [-0.2, 0) is 0 Å². The molecule has 24 heavy (non-hydrogen) atoms. The maximum Gasteiger partial charge on any atom is 0.00981 e. The highest BCUT2D eigenvalue weighted by Gasteiger charge is 2.22. The van der Waals surface area contributed by atoms with Crippen LogP contribution in [0.2, 0.25) is 0 Å². The molecule has 0 spiro atoms. The van der Waals surface area contributed by atoms with Crippen molar-refractivity contribution in [1.82, 2.24) is 0 Å². The van der Waals surface area contributed by atoms with E-state index in [0.717, 1.165) is 5.92 Å². The molecule has 0 heteroatoms. The third-order valence-corrected chi connectivity index (χ3v) is 5.69. The molecule has 0 N–H and O–H groups in total. The molecule has 1 unspecified atom stereocenters. The summed E-state index contributed by atoms with van der Waals surface area (Å²) in [6, 6.07) is 26.8. The van der Waals surface area contributed by atoms with Crippen LogP contribution in [0, 0.1) is 5.92 Å². The maximum absolute atomic E-state index is 2.35. The molecule has 0 bridgehead atoms. The Morgan fingerprint density at radius 3 is 2.25 bits per heavy atom. The minimum absolute atomic E-state index is 0.514. The molecule has 0 amide bonds. The topological polar surface area (TPSA) is 0 Å². The van der Waals surface area contributed by atoms with Gasteiger partial charge < -0.3 is 0 Å². The fourth-order valence-electron chi connectivity index (χ4n) is 4.44. The number of benzene rings is 3. The summed E-state index contributed by atoms with van der Waals surface area (Å²) in [7, 11) is 0. The molecule has 0 aliphatic heterocycles. The van der Waals surface area contributed by atoms with E-state index in [1.807, 2.05) is 0 Å². The van der Waals surface area contributed by atoms with Crippen molar-refractivity contribution in [2.45, 2.75) is 44.4 Å². The van der Waals surface area contributed by atoms with Gasteiger partial charge in [0.05, 0.1) is 0 Å². The van der Waals surface area contributed by atoms with Gasteiger partial charge in [0.1, 0.15) is 0 Å². The first-order valence-electron chi connectivity index (χ1n) is 9.44. The molecule has 1 aliphatic rings. The van der Waals surface area contributed by atoms with Crippen molar-refractivity contribution in [3.05, 3.63) is 83.9 Å². The van der Waals surface area contributed by atoms with Crippen LogP contribution in [0.25, 0.3) is 10.8 Å². The van der Waals surface area contributed by atoms with E-state index in [1.165, 1.54) is 60.4 Å². The lowest BCUT2D eigenvalue weighted by Crippen LogP contribution is -2.12. The van der Waals surface area contributed by atoms with Crippen LogP contribution < -0.4 is 0 Å². The second kappa shape index (κ2) is 7.21. The molecule has 1 atom stereocenters. The predicted octanol–water partition coefficient (Wildman–Crippen LogP) is 6.94. The zero-order valence-corrected chi connectivity index (χ0v) is 14.3. The molecule has 3 aromatic rings. The van der Waals surface area contributed by atoms with E-state index in [2.05, 4.69) is 72.8 Å². The molecule has 0 heterocycles. The summed E-state index contributed by atoms with van der Waals surface area (Å²) in [6.45, 7) is 0. The van der Waals surface area contributed by atoms with Gasteiger partial charge in [-0.25, -0.2) is 0 Å². The molecule has 0 saturated heterocycles.